The van der Waals surface area contributed by atoms with E-state index in [1.54, 1.807) is 49.0 Å². The van der Waals surface area contributed by atoms with Gasteiger partial charge in [0.1, 0.15) is 5.69 Å². The average Bonchev–Trinajstić information content (AvgIpc) is 2.96. The van der Waals surface area contributed by atoms with Gasteiger partial charge in [-0.3, -0.25) is 14.3 Å². The molecule has 3 rings (SSSR count). The van der Waals surface area contributed by atoms with Crippen LogP contribution >= 0.6 is 23.2 Å². The quantitative estimate of drug-likeness (QED) is 0.425. The van der Waals surface area contributed by atoms with Crippen LogP contribution in [0.25, 0.3) is 11.8 Å². The summed E-state index contributed by atoms with van der Waals surface area (Å²) in [4.78, 5) is 37.6. The third-order valence-electron chi connectivity index (χ3n) is 4.83. The minimum atomic E-state index is -1.13. The van der Waals surface area contributed by atoms with Gasteiger partial charge in [0.15, 0.2) is 6.10 Å². The molecule has 1 aromatic heterocycles. The molecule has 32 heavy (non-hydrogen) atoms. The monoisotopic (exact) mass is 473 g/mol. The van der Waals surface area contributed by atoms with E-state index >= 15 is 0 Å². The minimum absolute atomic E-state index is 0.118. The number of ether oxygens (including phenoxy) is 1. The number of hydrogen-bond donors (Lipinski definition) is 1. The summed E-state index contributed by atoms with van der Waals surface area (Å²) in [7, 11) is 1.72. The number of esters is 1. The van der Waals surface area contributed by atoms with Gasteiger partial charge in [-0.2, -0.15) is 0 Å². The van der Waals surface area contributed by atoms with Crippen molar-refractivity contribution in [2.24, 2.45) is 7.05 Å². The lowest BCUT2D eigenvalue weighted by Crippen LogP contribution is -2.31. The van der Waals surface area contributed by atoms with Crippen LogP contribution in [0.4, 0.5) is 5.69 Å². The van der Waals surface area contributed by atoms with Gasteiger partial charge >= 0.3 is 5.97 Å². The first-order chi connectivity index (χ1) is 15.2. The van der Waals surface area contributed by atoms with Crippen LogP contribution in [0.5, 0.6) is 0 Å². The van der Waals surface area contributed by atoms with E-state index in [2.05, 4.69) is 5.32 Å². The Labute approximate surface area is 194 Å². The number of aromatic nitrogens is 2. The zero-order valence-electron chi connectivity index (χ0n) is 17.6. The molecule has 0 saturated carbocycles. The number of nitrogens with one attached hydrogen (secondary N) is 1. The van der Waals surface area contributed by atoms with Crippen LogP contribution in [0, 0.1) is 6.92 Å². The molecule has 0 aliphatic heterocycles. The predicted octanol–water partition coefficient (Wildman–Crippen LogP) is 4.37. The second-order valence-electron chi connectivity index (χ2n) is 7.00. The Morgan fingerprint density at radius 1 is 1.12 bits per heavy atom. The van der Waals surface area contributed by atoms with E-state index in [1.807, 2.05) is 18.2 Å². The highest BCUT2D eigenvalue weighted by Crippen LogP contribution is 2.22. The van der Waals surface area contributed by atoms with E-state index in [0.29, 0.717) is 27.0 Å². The number of anilines is 1. The lowest BCUT2D eigenvalue weighted by atomic mass is 10.2. The van der Waals surface area contributed by atoms with E-state index in [-0.39, 0.29) is 11.2 Å². The summed E-state index contributed by atoms with van der Waals surface area (Å²) < 4.78 is 8.23. The highest BCUT2D eigenvalue weighted by Gasteiger charge is 2.22. The number of halogens is 2. The summed E-state index contributed by atoms with van der Waals surface area (Å²) in [6, 6.07) is 13.9. The van der Waals surface area contributed by atoms with Gasteiger partial charge < -0.3 is 10.1 Å². The van der Waals surface area contributed by atoms with Gasteiger partial charge in [-0.05, 0) is 49.8 Å². The smallest absolute Gasteiger partial charge is 0.331 e. The van der Waals surface area contributed by atoms with Gasteiger partial charge in [-0.25, -0.2) is 9.48 Å². The fourth-order valence-electron chi connectivity index (χ4n) is 3.00. The molecule has 0 bridgehead atoms. The molecule has 1 heterocycles. The van der Waals surface area contributed by atoms with Crippen LogP contribution in [-0.4, -0.2) is 27.3 Å². The molecule has 9 heteroatoms. The van der Waals surface area contributed by atoms with Crippen LogP contribution < -0.4 is 10.9 Å². The molecule has 0 spiro atoms. The maximum Gasteiger partial charge on any atom is 0.331 e. The molecule has 1 atom stereocenters. The highest BCUT2D eigenvalue weighted by atomic mass is 35.5. The predicted molar refractivity (Wildman–Crippen MR) is 125 cm³/mol. The highest BCUT2D eigenvalue weighted by molar-refractivity contribution is 6.35. The average molecular weight is 474 g/mol. The molecular formula is C23H21Cl2N3O4. The first kappa shape index (κ1) is 23.4. The summed E-state index contributed by atoms with van der Waals surface area (Å²) in [6.45, 7) is 3.13. The molecular weight excluding hydrogens is 453 g/mol. The van der Waals surface area contributed by atoms with E-state index in [0.717, 1.165) is 6.08 Å². The van der Waals surface area contributed by atoms with Gasteiger partial charge in [0.2, 0.25) is 0 Å². The van der Waals surface area contributed by atoms with Crippen molar-refractivity contribution >= 4 is 46.8 Å². The van der Waals surface area contributed by atoms with Gasteiger partial charge in [-0.15, -0.1) is 0 Å². The standard InChI is InChI=1S/C23H21Cl2N3O4/c1-14-21(23(31)28(27(14)3)18-7-5-4-6-8-18)26-22(30)15(2)32-20(29)12-10-16-9-11-17(24)13-19(16)25/h4-13,15H,1-3H3,(H,26,30)/b12-10+. The molecule has 7 nitrogen and oxygen atoms in total. The third kappa shape index (κ3) is 5.12. The molecule has 1 amide bonds. The van der Waals surface area contributed by atoms with Crippen molar-refractivity contribution in [3.8, 4) is 5.69 Å². The molecule has 1 N–H and O–H groups in total. The summed E-state index contributed by atoms with van der Waals surface area (Å²) in [6.07, 6.45) is 1.50. The molecule has 1 unspecified atom stereocenters. The molecule has 0 aliphatic rings. The van der Waals surface area contributed by atoms with Crippen molar-refractivity contribution in [1.29, 1.82) is 0 Å². The largest absolute Gasteiger partial charge is 0.449 e. The summed E-state index contributed by atoms with van der Waals surface area (Å²) in [5.74, 6) is -1.35. The number of benzene rings is 2. The van der Waals surface area contributed by atoms with E-state index < -0.39 is 18.0 Å². The Balaban J connectivity index is 1.70. The number of rotatable bonds is 6. The third-order valence-corrected chi connectivity index (χ3v) is 5.39. The van der Waals surface area contributed by atoms with Crippen LogP contribution in [0.15, 0.2) is 59.4 Å². The first-order valence-electron chi connectivity index (χ1n) is 9.67. The maximum atomic E-state index is 12.9. The van der Waals surface area contributed by atoms with Crippen LogP contribution in [0.2, 0.25) is 10.0 Å². The summed E-state index contributed by atoms with van der Waals surface area (Å²) in [5.41, 5.74) is 1.52. The maximum absolute atomic E-state index is 12.9. The molecule has 0 saturated heterocycles. The first-order valence-corrected chi connectivity index (χ1v) is 10.4. The van der Waals surface area contributed by atoms with Gasteiger partial charge in [0, 0.05) is 23.2 Å². The molecule has 166 valence electrons. The van der Waals surface area contributed by atoms with Crippen LogP contribution in [0.1, 0.15) is 18.2 Å². The molecule has 2 aromatic carbocycles. The molecule has 0 aliphatic carbocycles. The number of nitrogens with zero attached hydrogens (tertiary/aromatic N) is 2. The number of carbonyl (C=O) groups excluding carboxylic acids is 2. The SMILES string of the molecule is Cc1c(NC(=O)C(C)OC(=O)/C=C/c2ccc(Cl)cc2Cl)c(=O)n(-c2ccccc2)n1C. The van der Waals surface area contributed by atoms with E-state index in [4.69, 9.17) is 27.9 Å². The van der Waals surface area contributed by atoms with Crippen molar-refractivity contribution in [3.63, 3.8) is 0 Å². The molecule has 0 radical (unpaired) electrons. The molecule has 3 aromatic rings. The van der Waals surface area contributed by atoms with Crippen LogP contribution in [0.3, 0.4) is 0 Å². The second-order valence-corrected chi connectivity index (χ2v) is 7.85. The Bertz CT molecular complexity index is 1250. The van der Waals surface area contributed by atoms with Crippen molar-refractivity contribution in [3.05, 3.63) is 86.3 Å². The lowest BCUT2D eigenvalue weighted by molar-refractivity contribution is -0.148. The van der Waals surface area contributed by atoms with Crippen molar-refractivity contribution < 1.29 is 14.3 Å². The minimum Gasteiger partial charge on any atom is -0.449 e. The Morgan fingerprint density at radius 3 is 2.47 bits per heavy atom. The number of amides is 1. The Hall–Kier alpha value is -3.29. The van der Waals surface area contributed by atoms with Gasteiger partial charge in [0.25, 0.3) is 11.5 Å². The topological polar surface area (TPSA) is 82.3 Å². The van der Waals surface area contributed by atoms with E-state index in [9.17, 15) is 14.4 Å². The van der Waals surface area contributed by atoms with Gasteiger partial charge in [0.05, 0.1) is 11.4 Å². The Morgan fingerprint density at radius 2 is 1.81 bits per heavy atom. The van der Waals surface area contributed by atoms with Gasteiger partial charge in [-0.1, -0.05) is 47.5 Å². The Kier molecular flexibility index (Phi) is 7.22. The number of carbonyl (C=O) groups is 2. The molecule has 0 fully saturated rings. The summed E-state index contributed by atoms with van der Waals surface area (Å²) >= 11 is 11.9. The van der Waals surface area contributed by atoms with Crippen LogP contribution in [-0.2, 0) is 21.4 Å². The number of para-hydroxylation sites is 1. The van der Waals surface area contributed by atoms with Crippen molar-refractivity contribution in [2.75, 3.05) is 5.32 Å². The fourth-order valence-corrected chi connectivity index (χ4v) is 3.47. The zero-order chi connectivity index (χ0) is 23.4. The van der Waals surface area contributed by atoms with Crippen molar-refractivity contribution in [1.82, 2.24) is 9.36 Å². The van der Waals surface area contributed by atoms with E-state index in [1.165, 1.54) is 17.7 Å². The lowest BCUT2D eigenvalue weighted by Gasteiger charge is -2.11. The zero-order valence-corrected chi connectivity index (χ0v) is 19.1. The number of hydrogen-bond acceptors (Lipinski definition) is 4. The fraction of sp³-hybridized carbons (Fsp3) is 0.174. The second kappa shape index (κ2) is 9.89. The normalized spacial score (nSPS) is 12.0. The van der Waals surface area contributed by atoms with Crippen molar-refractivity contribution in [2.45, 2.75) is 20.0 Å². The summed E-state index contributed by atoms with van der Waals surface area (Å²) in [5, 5.41) is 3.42.